The Hall–Kier alpha value is -0.630. The van der Waals surface area contributed by atoms with Gasteiger partial charge in [-0.05, 0) is 18.5 Å². The van der Waals surface area contributed by atoms with Crippen molar-refractivity contribution >= 4 is 21.4 Å². The lowest BCUT2D eigenvalue weighted by molar-refractivity contribution is 0.406. The van der Waals surface area contributed by atoms with Crippen molar-refractivity contribution < 1.29 is 13.2 Å². The van der Waals surface area contributed by atoms with Crippen LogP contribution in [0.1, 0.15) is 0 Å². The van der Waals surface area contributed by atoms with E-state index in [9.17, 15) is 8.42 Å². The maximum absolute atomic E-state index is 11.7. The van der Waals surface area contributed by atoms with Gasteiger partial charge in [0.1, 0.15) is 5.75 Å². The minimum Gasteiger partial charge on any atom is -0.494 e. The Balaban J connectivity index is 2.77. The minimum atomic E-state index is -3.43. The van der Waals surface area contributed by atoms with Gasteiger partial charge in [-0.2, -0.15) is 0 Å². The van der Waals surface area contributed by atoms with Crippen molar-refractivity contribution in [2.45, 2.75) is 4.21 Å². The Bertz CT molecular complexity index is 400. The zero-order valence-corrected chi connectivity index (χ0v) is 10.2. The predicted octanol–water partition coefficient (Wildman–Crippen LogP) is 0.254. The van der Waals surface area contributed by atoms with Crippen LogP contribution in [0.15, 0.2) is 15.7 Å². The number of likely N-dealkylation sites (N-methyl/N-ethyl adjacent to an activating group) is 1. The summed E-state index contributed by atoms with van der Waals surface area (Å²) in [6.45, 7) is 0.951. The molecule has 0 bridgehead atoms. The lowest BCUT2D eigenvalue weighted by Gasteiger charge is -2.06. The first-order chi connectivity index (χ1) is 7.11. The van der Waals surface area contributed by atoms with E-state index in [2.05, 4.69) is 10.0 Å². The molecule has 0 aliphatic carbocycles. The molecule has 0 amide bonds. The Labute approximate surface area is 93.5 Å². The number of nitrogens with one attached hydrogen (secondary N) is 2. The molecule has 0 aromatic carbocycles. The molecule has 15 heavy (non-hydrogen) atoms. The standard InChI is InChI=1S/C8H14N2O3S2/c1-9-4-5-10-15(11,12)8-7(13-2)3-6-14-8/h3,6,9-10H,4-5H2,1-2H3. The van der Waals surface area contributed by atoms with Crippen LogP contribution < -0.4 is 14.8 Å². The molecule has 1 rings (SSSR count). The molecule has 5 nitrogen and oxygen atoms in total. The lowest BCUT2D eigenvalue weighted by Crippen LogP contribution is -2.30. The van der Waals surface area contributed by atoms with E-state index in [0.717, 1.165) is 11.3 Å². The molecule has 86 valence electrons. The molecule has 2 N–H and O–H groups in total. The Morgan fingerprint density at radius 1 is 1.47 bits per heavy atom. The molecule has 0 radical (unpaired) electrons. The smallest absolute Gasteiger partial charge is 0.253 e. The second-order valence-corrected chi connectivity index (χ2v) is 5.66. The van der Waals surface area contributed by atoms with Crippen molar-refractivity contribution in [1.82, 2.24) is 10.0 Å². The summed E-state index contributed by atoms with van der Waals surface area (Å²) in [5.74, 6) is 0.386. The monoisotopic (exact) mass is 250 g/mol. The first kappa shape index (κ1) is 12.4. The van der Waals surface area contributed by atoms with Gasteiger partial charge in [-0.25, -0.2) is 13.1 Å². The molecule has 1 aromatic rings. The van der Waals surface area contributed by atoms with Gasteiger partial charge in [-0.1, -0.05) is 0 Å². The van der Waals surface area contributed by atoms with Crippen molar-refractivity contribution in [1.29, 1.82) is 0 Å². The molecule has 0 aliphatic rings. The number of thiophene rings is 1. The van der Waals surface area contributed by atoms with Gasteiger partial charge < -0.3 is 10.1 Å². The fraction of sp³-hybridized carbons (Fsp3) is 0.500. The number of hydrogen-bond donors (Lipinski definition) is 2. The van der Waals surface area contributed by atoms with Crippen LogP contribution in [-0.2, 0) is 10.0 Å². The number of ether oxygens (including phenoxy) is 1. The van der Waals surface area contributed by atoms with E-state index >= 15 is 0 Å². The highest BCUT2D eigenvalue weighted by molar-refractivity contribution is 7.91. The van der Waals surface area contributed by atoms with Gasteiger partial charge in [-0.15, -0.1) is 11.3 Å². The summed E-state index contributed by atoms with van der Waals surface area (Å²) in [6.07, 6.45) is 0. The molecule has 0 saturated carbocycles. The van der Waals surface area contributed by atoms with Gasteiger partial charge in [0.2, 0.25) is 0 Å². The van der Waals surface area contributed by atoms with Gasteiger partial charge >= 0.3 is 0 Å². The number of methoxy groups -OCH3 is 1. The Morgan fingerprint density at radius 2 is 2.20 bits per heavy atom. The van der Waals surface area contributed by atoms with E-state index in [4.69, 9.17) is 4.74 Å². The lowest BCUT2D eigenvalue weighted by atomic mass is 10.6. The zero-order valence-electron chi connectivity index (χ0n) is 8.61. The van der Waals surface area contributed by atoms with Crippen LogP contribution in [0.4, 0.5) is 0 Å². The third kappa shape index (κ3) is 3.16. The summed E-state index contributed by atoms with van der Waals surface area (Å²) < 4.78 is 31.1. The van der Waals surface area contributed by atoms with Crippen molar-refractivity contribution in [3.05, 3.63) is 11.4 Å². The average Bonchev–Trinajstić information content (AvgIpc) is 2.66. The molecule has 1 aromatic heterocycles. The van der Waals surface area contributed by atoms with E-state index in [1.807, 2.05) is 0 Å². The summed E-state index contributed by atoms with van der Waals surface area (Å²) in [7, 11) is -0.211. The zero-order chi connectivity index (χ0) is 11.3. The summed E-state index contributed by atoms with van der Waals surface area (Å²) in [5.41, 5.74) is 0. The van der Waals surface area contributed by atoms with Crippen LogP contribution in [0.2, 0.25) is 0 Å². The van der Waals surface area contributed by atoms with E-state index in [1.165, 1.54) is 7.11 Å². The normalized spacial score (nSPS) is 11.6. The van der Waals surface area contributed by atoms with Crippen molar-refractivity contribution in [2.24, 2.45) is 0 Å². The average molecular weight is 250 g/mol. The third-order valence-electron chi connectivity index (χ3n) is 1.73. The largest absolute Gasteiger partial charge is 0.494 e. The molecule has 0 aliphatic heterocycles. The van der Waals surface area contributed by atoms with Gasteiger partial charge in [0.15, 0.2) is 4.21 Å². The summed E-state index contributed by atoms with van der Waals surface area (Å²) in [5, 5.41) is 4.55. The fourth-order valence-electron chi connectivity index (χ4n) is 1.01. The predicted molar refractivity (Wildman–Crippen MR) is 60.0 cm³/mol. The van der Waals surface area contributed by atoms with Crippen LogP contribution in [0.25, 0.3) is 0 Å². The highest BCUT2D eigenvalue weighted by atomic mass is 32.2. The van der Waals surface area contributed by atoms with Gasteiger partial charge in [0, 0.05) is 13.1 Å². The quantitative estimate of drug-likeness (QED) is 0.710. The molecule has 1 heterocycles. The van der Waals surface area contributed by atoms with E-state index in [1.54, 1.807) is 18.5 Å². The summed E-state index contributed by atoms with van der Waals surface area (Å²) in [4.78, 5) is 0. The second-order valence-electron chi connectivity index (χ2n) is 2.78. The highest BCUT2D eigenvalue weighted by Gasteiger charge is 2.20. The topological polar surface area (TPSA) is 67.4 Å². The van der Waals surface area contributed by atoms with Gasteiger partial charge in [0.05, 0.1) is 7.11 Å². The van der Waals surface area contributed by atoms with E-state index in [0.29, 0.717) is 18.8 Å². The third-order valence-corrected chi connectivity index (χ3v) is 4.63. The van der Waals surface area contributed by atoms with Crippen LogP contribution in [0.3, 0.4) is 0 Å². The molecule has 7 heteroatoms. The second kappa shape index (κ2) is 5.45. The maximum atomic E-state index is 11.7. The summed E-state index contributed by atoms with van der Waals surface area (Å²) >= 11 is 1.14. The summed E-state index contributed by atoms with van der Waals surface area (Å²) in [6, 6.07) is 1.64. The molecule has 0 unspecified atom stereocenters. The number of rotatable bonds is 6. The Morgan fingerprint density at radius 3 is 2.80 bits per heavy atom. The van der Waals surface area contributed by atoms with Gasteiger partial charge in [-0.3, -0.25) is 0 Å². The highest BCUT2D eigenvalue weighted by Crippen LogP contribution is 2.28. The molecule has 0 spiro atoms. The van der Waals surface area contributed by atoms with Gasteiger partial charge in [0.25, 0.3) is 10.0 Å². The first-order valence-electron chi connectivity index (χ1n) is 4.37. The van der Waals surface area contributed by atoms with Crippen LogP contribution in [-0.4, -0.2) is 35.7 Å². The molecular formula is C8H14N2O3S2. The first-order valence-corrected chi connectivity index (χ1v) is 6.74. The van der Waals surface area contributed by atoms with E-state index < -0.39 is 10.0 Å². The van der Waals surface area contributed by atoms with Crippen molar-refractivity contribution in [3.8, 4) is 5.75 Å². The van der Waals surface area contributed by atoms with Crippen LogP contribution >= 0.6 is 11.3 Å². The van der Waals surface area contributed by atoms with Crippen LogP contribution in [0, 0.1) is 0 Å². The maximum Gasteiger partial charge on any atom is 0.253 e. The molecule has 0 atom stereocenters. The molecule has 0 fully saturated rings. The van der Waals surface area contributed by atoms with Crippen LogP contribution in [0.5, 0.6) is 5.75 Å². The molecule has 0 saturated heterocycles. The number of sulfonamides is 1. The SMILES string of the molecule is CNCCNS(=O)(=O)c1sccc1OC. The minimum absolute atomic E-state index is 0.223. The van der Waals surface area contributed by atoms with E-state index in [-0.39, 0.29) is 4.21 Å². The number of hydrogen-bond acceptors (Lipinski definition) is 5. The Kier molecular flexibility index (Phi) is 4.52. The fourth-order valence-corrected chi connectivity index (χ4v) is 3.36. The van der Waals surface area contributed by atoms with Crippen molar-refractivity contribution in [3.63, 3.8) is 0 Å². The van der Waals surface area contributed by atoms with Crippen molar-refractivity contribution in [2.75, 3.05) is 27.2 Å². The molecular weight excluding hydrogens is 236 g/mol.